The predicted octanol–water partition coefficient (Wildman–Crippen LogP) is 2.19. The van der Waals surface area contributed by atoms with Gasteiger partial charge in [0.1, 0.15) is 0 Å². The lowest BCUT2D eigenvalue weighted by atomic mass is 9.97. The van der Waals surface area contributed by atoms with E-state index in [1.165, 1.54) is 7.11 Å². The molecule has 1 aromatic carbocycles. The molecule has 1 heterocycles. The summed E-state index contributed by atoms with van der Waals surface area (Å²) in [7, 11) is 1.39. The molecule has 94 valence electrons. The number of rotatable bonds is 4. The Morgan fingerprint density at radius 1 is 1.44 bits per heavy atom. The van der Waals surface area contributed by atoms with E-state index >= 15 is 0 Å². The Balaban J connectivity index is 2.22. The lowest BCUT2D eigenvalue weighted by molar-refractivity contribution is -0.140. The van der Waals surface area contributed by atoms with Crippen LogP contribution >= 0.6 is 0 Å². The van der Waals surface area contributed by atoms with Crippen molar-refractivity contribution in [2.24, 2.45) is 5.73 Å². The van der Waals surface area contributed by atoms with Crippen molar-refractivity contribution in [3.8, 4) is 0 Å². The minimum atomic E-state index is -0.229. The highest BCUT2D eigenvalue weighted by Crippen LogP contribution is 2.24. The average Bonchev–Trinajstić information content (AvgIpc) is 2.43. The first-order valence-electron chi connectivity index (χ1n) is 5.87. The fourth-order valence-corrected chi connectivity index (χ4v) is 2.00. The molecule has 18 heavy (non-hydrogen) atoms. The van der Waals surface area contributed by atoms with Crippen LogP contribution in [0.5, 0.6) is 0 Å². The molecule has 0 aliphatic heterocycles. The van der Waals surface area contributed by atoms with Gasteiger partial charge in [-0.05, 0) is 23.4 Å². The number of aromatic nitrogens is 1. The van der Waals surface area contributed by atoms with Gasteiger partial charge >= 0.3 is 5.97 Å². The number of carbonyl (C=O) groups excluding carboxylic acids is 1. The number of fused-ring (bicyclic) bond motifs is 1. The van der Waals surface area contributed by atoms with Crippen molar-refractivity contribution in [3.05, 3.63) is 42.2 Å². The normalized spacial score (nSPS) is 12.3. The van der Waals surface area contributed by atoms with Gasteiger partial charge in [0.15, 0.2) is 0 Å². The maximum atomic E-state index is 11.1. The van der Waals surface area contributed by atoms with Gasteiger partial charge in [0.2, 0.25) is 0 Å². The fraction of sp³-hybridized carbons (Fsp3) is 0.286. The molecular weight excluding hydrogens is 228 g/mol. The third kappa shape index (κ3) is 2.65. The fourth-order valence-electron chi connectivity index (χ4n) is 2.00. The summed E-state index contributed by atoms with van der Waals surface area (Å²) in [5.41, 5.74) is 7.18. The first-order valence-corrected chi connectivity index (χ1v) is 5.87. The molecule has 4 heteroatoms. The molecule has 0 aliphatic carbocycles. The van der Waals surface area contributed by atoms with Gasteiger partial charge in [0.05, 0.1) is 7.11 Å². The zero-order chi connectivity index (χ0) is 13.0. The van der Waals surface area contributed by atoms with E-state index in [0.29, 0.717) is 12.8 Å². The number of hydrogen-bond acceptors (Lipinski definition) is 4. The summed E-state index contributed by atoms with van der Waals surface area (Å²) >= 11 is 0. The van der Waals surface area contributed by atoms with E-state index in [9.17, 15) is 4.79 Å². The summed E-state index contributed by atoms with van der Waals surface area (Å²) < 4.78 is 4.62. The van der Waals surface area contributed by atoms with Crippen LogP contribution in [0.3, 0.4) is 0 Å². The number of nitrogens with zero attached hydrogens (tertiary/aromatic N) is 1. The van der Waals surface area contributed by atoms with Crippen molar-refractivity contribution in [2.75, 3.05) is 7.11 Å². The van der Waals surface area contributed by atoms with Gasteiger partial charge in [0.25, 0.3) is 0 Å². The maximum Gasteiger partial charge on any atom is 0.305 e. The van der Waals surface area contributed by atoms with Gasteiger partial charge in [-0.3, -0.25) is 9.78 Å². The minimum absolute atomic E-state index is 0.171. The summed E-state index contributed by atoms with van der Waals surface area (Å²) in [5, 5.41) is 2.15. The van der Waals surface area contributed by atoms with E-state index in [1.54, 1.807) is 6.20 Å². The van der Waals surface area contributed by atoms with E-state index in [2.05, 4.69) is 9.72 Å². The number of pyridine rings is 1. The number of ether oxygens (including phenoxy) is 1. The third-order valence-corrected chi connectivity index (χ3v) is 3.00. The van der Waals surface area contributed by atoms with Gasteiger partial charge < -0.3 is 10.5 Å². The number of benzene rings is 1. The molecule has 0 spiro atoms. The number of nitrogens with two attached hydrogens (primary N) is 1. The van der Waals surface area contributed by atoms with Gasteiger partial charge in [-0.15, -0.1) is 0 Å². The van der Waals surface area contributed by atoms with Crippen LogP contribution in [-0.4, -0.2) is 18.1 Å². The Bertz CT molecular complexity index is 549. The van der Waals surface area contributed by atoms with Crippen molar-refractivity contribution in [3.63, 3.8) is 0 Å². The van der Waals surface area contributed by atoms with Crippen LogP contribution in [0.4, 0.5) is 0 Å². The molecule has 0 radical (unpaired) electrons. The Labute approximate surface area is 106 Å². The molecule has 0 amide bonds. The molecule has 4 nitrogen and oxygen atoms in total. The number of carbonyl (C=O) groups is 1. The monoisotopic (exact) mass is 244 g/mol. The molecule has 2 aromatic rings. The van der Waals surface area contributed by atoms with Crippen LogP contribution in [0, 0.1) is 0 Å². The highest BCUT2D eigenvalue weighted by molar-refractivity contribution is 5.85. The van der Waals surface area contributed by atoms with Crippen LogP contribution in [0.25, 0.3) is 10.8 Å². The van der Waals surface area contributed by atoms with Crippen molar-refractivity contribution in [1.82, 2.24) is 4.98 Å². The summed E-state index contributed by atoms with van der Waals surface area (Å²) in [5.74, 6) is -0.229. The summed E-state index contributed by atoms with van der Waals surface area (Å²) in [6.07, 6.45) is 4.47. The zero-order valence-electron chi connectivity index (χ0n) is 10.3. The average molecular weight is 244 g/mol. The molecule has 1 atom stereocenters. The lowest BCUT2D eigenvalue weighted by Crippen LogP contribution is -2.13. The molecule has 1 unspecified atom stereocenters. The summed E-state index contributed by atoms with van der Waals surface area (Å²) in [6, 6.07) is 7.72. The lowest BCUT2D eigenvalue weighted by Gasteiger charge is -2.13. The van der Waals surface area contributed by atoms with Crippen molar-refractivity contribution >= 4 is 16.7 Å². The van der Waals surface area contributed by atoms with E-state index in [4.69, 9.17) is 5.73 Å². The van der Waals surface area contributed by atoms with Gasteiger partial charge in [-0.25, -0.2) is 0 Å². The maximum absolute atomic E-state index is 11.1. The quantitative estimate of drug-likeness (QED) is 0.837. The second kappa shape index (κ2) is 5.60. The molecule has 2 rings (SSSR count). The van der Waals surface area contributed by atoms with Crippen molar-refractivity contribution < 1.29 is 9.53 Å². The standard InChI is InChI=1S/C14H16N2O2/c1-18-14(17)6-5-13(15)12-4-2-3-10-9-16-8-7-11(10)12/h2-4,7-9,13H,5-6,15H2,1H3. The van der Waals surface area contributed by atoms with E-state index in [0.717, 1.165) is 16.3 Å². The van der Waals surface area contributed by atoms with Crippen LogP contribution in [0.1, 0.15) is 24.4 Å². The highest BCUT2D eigenvalue weighted by Gasteiger charge is 2.11. The second-order valence-corrected chi connectivity index (χ2v) is 4.17. The smallest absolute Gasteiger partial charge is 0.305 e. The number of methoxy groups -OCH3 is 1. The van der Waals surface area contributed by atoms with Gasteiger partial charge in [-0.1, -0.05) is 18.2 Å². The topological polar surface area (TPSA) is 65.2 Å². The molecule has 0 saturated heterocycles. The van der Waals surface area contributed by atoms with Gasteiger partial charge in [-0.2, -0.15) is 0 Å². The van der Waals surface area contributed by atoms with Gasteiger partial charge in [0, 0.05) is 30.2 Å². The van der Waals surface area contributed by atoms with E-state index in [-0.39, 0.29) is 12.0 Å². The molecule has 0 fully saturated rings. The van der Waals surface area contributed by atoms with E-state index in [1.807, 2.05) is 30.5 Å². The molecule has 0 saturated carbocycles. The highest BCUT2D eigenvalue weighted by atomic mass is 16.5. The second-order valence-electron chi connectivity index (χ2n) is 4.17. The Hall–Kier alpha value is -1.94. The van der Waals surface area contributed by atoms with Crippen LogP contribution in [0.15, 0.2) is 36.7 Å². The number of hydrogen-bond donors (Lipinski definition) is 1. The molecule has 0 bridgehead atoms. The first kappa shape index (κ1) is 12.5. The Morgan fingerprint density at radius 2 is 2.28 bits per heavy atom. The molecular formula is C14H16N2O2. The minimum Gasteiger partial charge on any atom is -0.469 e. The van der Waals surface area contributed by atoms with Crippen LogP contribution in [-0.2, 0) is 9.53 Å². The van der Waals surface area contributed by atoms with Crippen LogP contribution < -0.4 is 5.73 Å². The summed E-state index contributed by atoms with van der Waals surface area (Å²) in [4.78, 5) is 15.2. The SMILES string of the molecule is COC(=O)CCC(N)c1cccc2cnccc12. The van der Waals surface area contributed by atoms with E-state index < -0.39 is 0 Å². The molecule has 2 N–H and O–H groups in total. The first-order chi connectivity index (χ1) is 8.72. The largest absolute Gasteiger partial charge is 0.469 e. The molecule has 0 aliphatic rings. The molecule has 1 aromatic heterocycles. The van der Waals surface area contributed by atoms with Crippen molar-refractivity contribution in [2.45, 2.75) is 18.9 Å². The summed E-state index contributed by atoms with van der Waals surface area (Å²) in [6.45, 7) is 0. The number of esters is 1. The Morgan fingerprint density at radius 3 is 3.06 bits per heavy atom. The zero-order valence-corrected chi connectivity index (χ0v) is 10.3. The van der Waals surface area contributed by atoms with Crippen molar-refractivity contribution in [1.29, 1.82) is 0 Å². The predicted molar refractivity (Wildman–Crippen MR) is 69.9 cm³/mol. The van der Waals surface area contributed by atoms with Crippen LogP contribution in [0.2, 0.25) is 0 Å². The third-order valence-electron chi connectivity index (χ3n) is 3.00. The Kier molecular flexibility index (Phi) is 3.89.